The molecular weight excluding hydrogens is 367 g/mol. The molecule has 0 saturated carbocycles. The maximum atomic E-state index is 12.3. The monoisotopic (exact) mass is 390 g/mol. The van der Waals surface area contributed by atoms with Crippen molar-refractivity contribution in [1.82, 2.24) is 24.2 Å². The molecule has 2 atom stereocenters. The zero-order valence-corrected chi connectivity index (χ0v) is 16.0. The van der Waals surface area contributed by atoms with Crippen molar-refractivity contribution in [3.8, 4) is 0 Å². The molecule has 9 nitrogen and oxygen atoms in total. The van der Waals surface area contributed by atoms with Gasteiger partial charge in [0.1, 0.15) is 18.2 Å². The van der Waals surface area contributed by atoms with E-state index >= 15 is 0 Å². The fourth-order valence-corrected chi connectivity index (χ4v) is 3.57. The summed E-state index contributed by atoms with van der Waals surface area (Å²) in [5.41, 5.74) is 6.89. The van der Waals surface area contributed by atoms with Crippen LogP contribution < -0.4 is 5.73 Å². The number of unbranched alkanes of at least 4 members (excludes halogenated alkanes) is 1. The summed E-state index contributed by atoms with van der Waals surface area (Å²) in [5, 5.41) is 0. The Morgan fingerprint density at radius 2 is 2.20 bits per heavy atom. The highest BCUT2D eigenvalue weighted by Crippen LogP contribution is 2.44. The molecule has 2 heterocycles. The zero-order chi connectivity index (χ0) is 18.4. The lowest BCUT2D eigenvalue weighted by molar-refractivity contribution is 0.0785. The molecule has 0 aliphatic carbocycles. The minimum Gasteiger partial charge on any atom is -0.382 e. The van der Waals surface area contributed by atoms with Gasteiger partial charge in [-0.2, -0.15) is 0 Å². The van der Waals surface area contributed by atoms with Crippen LogP contribution in [0.5, 0.6) is 0 Å². The number of nitrogens with two attached hydrogens (primary N) is 1. The smallest absolute Gasteiger partial charge is 0.294 e. The van der Waals surface area contributed by atoms with E-state index in [4.69, 9.17) is 22.1 Å². The zero-order valence-electron chi connectivity index (χ0n) is 14.4. The van der Waals surface area contributed by atoms with Gasteiger partial charge < -0.3 is 19.9 Å². The first kappa shape index (κ1) is 20.1. The maximum absolute atomic E-state index is 12.3. The van der Waals surface area contributed by atoms with Crippen molar-refractivity contribution < 1.29 is 14.2 Å². The molecule has 2 aromatic heterocycles. The van der Waals surface area contributed by atoms with E-state index in [0.29, 0.717) is 36.0 Å². The van der Waals surface area contributed by atoms with E-state index < -0.39 is 7.52 Å². The van der Waals surface area contributed by atoms with Gasteiger partial charge in [-0.25, -0.2) is 19.6 Å². The molecule has 0 spiro atoms. The van der Waals surface area contributed by atoms with Gasteiger partial charge in [-0.3, -0.25) is 4.57 Å². The number of anilines is 1. The molecule has 2 rings (SSSR count). The molecule has 0 amide bonds. The van der Waals surface area contributed by atoms with E-state index in [1.807, 2.05) is 6.92 Å². The summed E-state index contributed by atoms with van der Waals surface area (Å²) in [7, 11) is -1.91. The molecule has 140 valence electrons. The number of halogens is 1. The molecule has 2 aromatic rings. The van der Waals surface area contributed by atoms with Crippen LogP contribution in [-0.4, -0.2) is 61.0 Å². The molecule has 0 saturated heterocycles. The number of nitrogens with zero attached hydrogens (tertiary/aromatic N) is 5. The molecule has 0 aliphatic rings. The molecular formula is C14H24ClN6O3P. The molecule has 0 radical (unpaired) electrons. The van der Waals surface area contributed by atoms with Crippen LogP contribution in [0.3, 0.4) is 0 Å². The van der Waals surface area contributed by atoms with E-state index in [1.54, 1.807) is 17.9 Å². The average molecular weight is 391 g/mol. The van der Waals surface area contributed by atoms with Gasteiger partial charge in [-0.15, -0.1) is 11.6 Å². The van der Waals surface area contributed by atoms with E-state index in [1.165, 1.54) is 11.0 Å². The summed E-state index contributed by atoms with van der Waals surface area (Å²) in [5.74, 6) is 0.861. The number of hydrogen-bond donors (Lipinski definition) is 2. The van der Waals surface area contributed by atoms with Crippen molar-refractivity contribution in [3.05, 3.63) is 12.7 Å². The van der Waals surface area contributed by atoms with E-state index in [0.717, 1.165) is 12.8 Å². The number of hydrogen-bond acceptors (Lipinski definition) is 6. The fourth-order valence-electron chi connectivity index (χ4n) is 2.28. The Kier molecular flexibility index (Phi) is 7.15. The lowest BCUT2D eigenvalue weighted by Gasteiger charge is -2.24. The lowest BCUT2D eigenvalue weighted by Crippen LogP contribution is -2.23. The molecule has 25 heavy (non-hydrogen) atoms. The van der Waals surface area contributed by atoms with Crippen molar-refractivity contribution in [2.24, 2.45) is 0 Å². The molecule has 2 unspecified atom stereocenters. The number of aromatic nitrogens is 4. The average Bonchev–Trinajstić information content (AvgIpc) is 2.97. The van der Waals surface area contributed by atoms with Crippen LogP contribution in [0.15, 0.2) is 12.7 Å². The first-order chi connectivity index (χ1) is 11.8. The Labute approximate surface area is 151 Å². The molecule has 0 aliphatic heterocycles. The highest BCUT2D eigenvalue weighted by Gasteiger charge is 2.25. The maximum Gasteiger partial charge on any atom is 0.294 e. The molecule has 0 aromatic carbocycles. The molecule has 11 heteroatoms. The third-order valence-corrected chi connectivity index (χ3v) is 5.83. The van der Waals surface area contributed by atoms with Crippen molar-refractivity contribution in [3.63, 3.8) is 0 Å². The van der Waals surface area contributed by atoms with Gasteiger partial charge in [0.25, 0.3) is 7.52 Å². The summed E-state index contributed by atoms with van der Waals surface area (Å²) in [6.07, 6.45) is 4.01. The fraction of sp³-hybridized carbons (Fsp3) is 0.643. The van der Waals surface area contributed by atoms with Crippen molar-refractivity contribution in [2.75, 3.05) is 31.6 Å². The first-order valence-corrected chi connectivity index (χ1v) is 10.3. The van der Waals surface area contributed by atoms with Crippen molar-refractivity contribution >= 4 is 36.1 Å². The number of rotatable bonds is 10. The largest absolute Gasteiger partial charge is 0.382 e. The van der Waals surface area contributed by atoms with Crippen molar-refractivity contribution in [2.45, 2.75) is 32.4 Å². The topological polar surface area (TPSA) is 119 Å². The van der Waals surface area contributed by atoms with E-state index in [2.05, 4.69) is 15.0 Å². The number of alkyl halides is 1. The van der Waals surface area contributed by atoms with Crippen LogP contribution in [0, 0.1) is 0 Å². The van der Waals surface area contributed by atoms with Gasteiger partial charge in [0, 0.05) is 12.4 Å². The summed E-state index contributed by atoms with van der Waals surface area (Å²) < 4.78 is 21.1. The molecule has 3 N–H and O–H groups in total. The minimum absolute atomic E-state index is 0.241. The Hall–Kier alpha value is -1.25. The van der Waals surface area contributed by atoms with Gasteiger partial charge in [-0.1, -0.05) is 0 Å². The highest BCUT2D eigenvalue weighted by atomic mass is 35.5. The summed E-state index contributed by atoms with van der Waals surface area (Å²) in [4.78, 5) is 22.4. The van der Waals surface area contributed by atoms with Crippen LogP contribution in [0.25, 0.3) is 11.2 Å². The molecule has 0 fully saturated rings. The highest BCUT2D eigenvalue weighted by molar-refractivity contribution is 7.55. The lowest BCUT2D eigenvalue weighted by atomic mass is 10.3. The van der Waals surface area contributed by atoms with E-state index in [9.17, 15) is 9.46 Å². The van der Waals surface area contributed by atoms with Gasteiger partial charge in [0.15, 0.2) is 11.5 Å². The van der Waals surface area contributed by atoms with Crippen LogP contribution >= 0.6 is 19.1 Å². The van der Waals surface area contributed by atoms with Gasteiger partial charge in [0.2, 0.25) is 0 Å². The second kappa shape index (κ2) is 8.91. The Bertz CT molecular complexity index is 742. The van der Waals surface area contributed by atoms with Gasteiger partial charge >= 0.3 is 0 Å². The quantitative estimate of drug-likeness (QED) is 0.358. The third-order valence-electron chi connectivity index (χ3n) is 3.81. The predicted molar refractivity (Wildman–Crippen MR) is 97.6 cm³/mol. The minimum atomic E-state index is -3.53. The van der Waals surface area contributed by atoms with E-state index in [-0.39, 0.29) is 12.5 Å². The summed E-state index contributed by atoms with van der Waals surface area (Å²) in [6.45, 7) is 2.76. The van der Waals surface area contributed by atoms with Crippen molar-refractivity contribution in [1.29, 1.82) is 0 Å². The standard InChI is InChI=1S/C14H24ClN6O3P/c1-11(24-10-25(22,23)20(2)6-4-3-5-15)7-21-9-19-12-13(16)17-8-18-14(12)21/h8-9,11H,3-7,10H2,1-2H3,(H,22,23)(H2,16,17,18). The third kappa shape index (κ3) is 5.36. The Balaban J connectivity index is 1.90. The Morgan fingerprint density at radius 3 is 2.92 bits per heavy atom. The number of fused-ring (bicyclic) bond motifs is 1. The number of nitrogen functional groups attached to an aromatic ring is 1. The predicted octanol–water partition coefficient (Wildman–Crippen LogP) is 1.91. The van der Waals surface area contributed by atoms with Gasteiger partial charge in [-0.05, 0) is 26.8 Å². The van der Waals surface area contributed by atoms with Crippen LogP contribution in [-0.2, 0) is 15.8 Å². The SMILES string of the molecule is CC(Cn1cnc2c(N)ncnc21)OCP(=O)(O)N(C)CCCCCl. The second-order valence-corrected chi connectivity index (χ2v) is 8.52. The normalized spacial score (nSPS) is 15.6. The van der Waals surface area contributed by atoms with Crippen LogP contribution in [0.4, 0.5) is 5.82 Å². The molecule has 0 bridgehead atoms. The van der Waals surface area contributed by atoms with Crippen LogP contribution in [0.1, 0.15) is 19.8 Å². The van der Waals surface area contributed by atoms with Crippen LogP contribution in [0.2, 0.25) is 0 Å². The first-order valence-electron chi connectivity index (χ1n) is 7.97. The summed E-state index contributed by atoms with van der Waals surface area (Å²) >= 11 is 5.62. The second-order valence-electron chi connectivity index (χ2n) is 5.88. The number of ether oxygens (including phenoxy) is 1. The Morgan fingerprint density at radius 1 is 1.44 bits per heavy atom. The van der Waals surface area contributed by atoms with Gasteiger partial charge in [0.05, 0.1) is 19.0 Å². The summed E-state index contributed by atoms with van der Waals surface area (Å²) in [6, 6.07) is 0. The number of imidazole rings is 1.